The van der Waals surface area contributed by atoms with Crippen LogP contribution in [0.1, 0.15) is 30.9 Å². The minimum Gasteiger partial charge on any atom is -0.495 e. The van der Waals surface area contributed by atoms with Gasteiger partial charge in [-0.25, -0.2) is 0 Å². The molecule has 0 aliphatic heterocycles. The topological polar surface area (TPSA) is 44.5 Å². The van der Waals surface area contributed by atoms with E-state index in [0.717, 1.165) is 28.0 Å². The van der Waals surface area contributed by atoms with Crippen LogP contribution in [0.15, 0.2) is 10.5 Å². The van der Waals surface area contributed by atoms with Crippen molar-refractivity contribution in [3.8, 4) is 11.5 Å². The Morgan fingerprint density at radius 1 is 1.24 bits per heavy atom. The van der Waals surface area contributed by atoms with E-state index >= 15 is 0 Å². The summed E-state index contributed by atoms with van der Waals surface area (Å²) in [4.78, 5) is 0. The number of nitrogens with two attached hydrogens (primary N) is 1. The van der Waals surface area contributed by atoms with Gasteiger partial charge in [-0.1, -0.05) is 13.8 Å². The summed E-state index contributed by atoms with van der Waals surface area (Å²) in [7, 11) is 3.34. The number of methoxy groups -OCH3 is 2. The highest BCUT2D eigenvalue weighted by atomic mass is 79.9. The lowest BCUT2D eigenvalue weighted by Crippen LogP contribution is -2.07. The molecule has 4 heteroatoms. The molecule has 0 heterocycles. The van der Waals surface area contributed by atoms with Gasteiger partial charge in [0.05, 0.1) is 14.2 Å². The second-order valence-corrected chi connectivity index (χ2v) is 4.99. The van der Waals surface area contributed by atoms with Gasteiger partial charge in [-0.15, -0.1) is 0 Å². The van der Waals surface area contributed by atoms with Crippen LogP contribution in [0.4, 0.5) is 0 Å². The molecular formula is C13H20BrNO2. The number of benzene rings is 1. The van der Waals surface area contributed by atoms with Crippen LogP contribution in [0.3, 0.4) is 0 Å². The molecule has 0 unspecified atom stereocenters. The van der Waals surface area contributed by atoms with Crippen LogP contribution in [-0.4, -0.2) is 20.8 Å². The maximum Gasteiger partial charge on any atom is 0.140 e. The van der Waals surface area contributed by atoms with E-state index in [0.29, 0.717) is 12.5 Å². The van der Waals surface area contributed by atoms with Crippen molar-refractivity contribution in [3.63, 3.8) is 0 Å². The molecule has 0 aliphatic carbocycles. The van der Waals surface area contributed by atoms with Crippen LogP contribution >= 0.6 is 15.9 Å². The fourth-order valence-electron chi connectivity index (χ4n) is 1.89. The molecule has 3 nitrogen and oxygen atoms in total. The molecule has 0 fully saturated rings. The van der Waals surface area contributed by atoms with Crippen LogP contribution < -0.4 is 15.2 Å². The van der Waals surface area contributed by atoms with E-state index in [-0.39, 0.29) is 0 Å². The predicted octanol–water partition coefficient (Wildman–Crippen LogP) is 3.09. The zero-order valence-corrected chi connectivity index (χ0v) is 12.4. The molecule has 0 radical (unpaired) electrons. The molecule has 0 saturated heterocycles. The van der Waals surface area contributed by atoms with Gasteiger partial charge in [-0.2, -0.15) is 0 Å². The first-order valence-corrected chi connectivity index (χ1v) is 6.49. The van der Waals surface area contributed by atoms with Crippen molar-refractivity contribution < 1.29 is 9.47 Å². The predicted molar refractivity (Wildman–Crippen MR) is 74.1 cm³/mol. The standard InChI is InChI=1S/C13H20BrNO2/c1-8(2)10-7-9(5-6-15)12(16-3)11(14)13(10)17-4/h7-8H,5-6,15H2,1-4H3. The molecule has 0 amide bonds. The molecule has 0 spiro atoms. The zero-order valence-electron chi connectivity index (χ0n) is 10.8. The minimum absolute atomic E-state index is 0.392. The van der Waals surface area contributed by atoms with Crippen LogP contribution in [0, 0.1) is 0 Å². The smallest absolute Gasteiger partial charge is 0.140 e. The Morgan fingerprint density at radius 2 is 1.82 bits per heavy atom. The molecule has 2 N–H and O–H groups in total. The average molecular weight is 302 g/mol. The molecular weight excluding hydrogens is 282 g/mol. The quantitative estimate of drug-likeness (QED) is 0.909. The second-order valence-electron chi connectivity index (χ2n) is 4.20. The Morgan fingerprint density at radius 3 is 2.24 bits per heavy atom. The first-order chi connectivity index (χ1) is 8.06. The molecule has 0 aliphatic rings. The maximum absolute atomic E-state index is 5.63. The summed E-state index contributed by atoms with van der Waals surface area (Å²) in [6.45, 7) is 4.89. The van der Waals surface area contributed by atoms with Crippen LogP contribution in [0.25, 0.3) is 0 Å². The van der Waals surface area contributed by atoms with Gasteiger partial charge in [0, 0.05) is 0 Å². The van der Waals surface area contributed by atoms with Crippen molar-refractivity contribution >= 4 is 15.9 Å². The van der Waals surface area contributed by atoms with Crippen molar-refractivity contribution in [2.45, 2.75) is 26.2 Å². The Hall–Kier alpha value is -0.740. The summed E-state index contributed by atoms with van der Waals surface area (Å²) in [6, 6.07) is 2.12. The normalized spacial score (nSPS) is 10.8. The van der Waals surface area contributed by atoms with E-state index < -0.39 is 0 Å². The zero-order chi connectivity index (χ0) is 13.0. The molecule has 1 aromatic rings. The van der Waals surface area contributed by atoms with Crippen LogP contribution in [0.2, 0.25) is 0 Å². The third kappa shape index (κ3) is 2.93. The molecule has 1 rings (SSSR count). The van der Waals surface area contributed by atoms with Crippen molar-refractivity contribution in [1.82, 2.24) is 0 Å². The maximum atomic E-state index is 5.63. The van der Waals surface area contributed by atoms with Gasteiger partial charge in [0.25, 0.3) is 0 Å². The number of hydrogen-bond acceptors (Lipinski definition) is 3. The first-order valence-electron chi connectivity index (χ1n) is 5.70. The Bertz CT molecular complexity index is 391. The van der Waals surface area contributed by atoms with Gasteiger partial charge < -0.3 is 15.2 Å². The third-order valence-corrected chi connectivity index (χ3v) is 3.45. The van der Waals surface area contributed by atoms with Gasteiger partial charge in [-0.3, -0.25) is 0 Å². The fraction of sp³-hybridized carbons (Fsp3) is 0.538. The summed E-state index contributed by atoms with van der Waals surface area (Å²) in [5.41, 5.74) is 7.92. The van der Waals surface area contributed by atoms with Gasteiger partial charge in [0.15, 0.2) is 0 Å². The number of rotatable bonds is 5. The lowest BCUT2D eigenvalue weighted by atomic mass is 9.97. The Labute approximate surface area is 111 Å². The monoisotopic (exact) mass is 301 g/mol. The van der Waals surface area contributed by atoms with Crippen molar-refractivity contribution in [3.05, 3.63) is 21.7 Å². The molecule has 1 aromatic carbocycles. The Balaban J connectivity index is 3.42. The molecule has 0 atom stereocenters. The average Bonchev–Trinajstić information content (AvgIpc) is 2.29. The van der Waals surface area contributed by atoms with Crippen molar-refractivity contribution in [2.24, 2.45) is 5.73 Å². The highest BCUT2D eigenvalue weighted by molar-refractivity contribution is 9.10. The number of halogens is 1. The number of ether oxygens (including phenoxy) is 2. The number of hydrogen-bond donors (Lipinski definition) is 1. The van der Waals surface area contributed by atoms with Gasteiger partial charge >= 0.3 is 0 Å². The van der Waals surface area contributed by atoms with E-state index in [9.17, 15) is 0 Å². The highest BCUT2D eigenvalue weighted by Crippen LogP contribution is 2.42. The lowest BCUT2D eigenvalue weighted by molar-refractivity contribution is 0.381. The van der Waals surface area contributed by atoms with Gasteiger partial charge in [-0.05, 0) is 52.0 Å². The van der Waals surface area contributed by atoms with E-state index in [1.807, 2.05) is 0 Å². The van der Waals surface area contributed by atoms with E-state index in [1.54, 1.807) is 14.2 Å². The van der Waals surface area contributed by atoms with E-state index in [2.05, 4.69) is 35.8 Å². The molecule has 0 bridgehead atoms. The summed E-state index contributed by atoms with van der Waals surface area (Å²) in [5, 5.41) is 0. The summed E-state index contributed by atoms with van der Waals surface area (Å²) in [6.07, 6.45) is 0.797. The Kier molecular flexibility index (Phi) is 5.28. The van der Waals surface area contributed by atoms with E-state index in [4.69, 9.17) is 15.2 Å². The fourth-order valence-corrected chi connectivity index (χ4v) is 2.70. The summed E-state index contributed by atoms with van der Waals surface area (Å²) >= 11 is 3.55. The largest absolute Gasteiger partial charge is 0.495 e. The molecule has 0 aromatic heterocycles. The SMILES string of the molecule is COc1c(CCN)cc(C(C)C)c(OC)c1Br. The molecule has 17 heavy (non-hydrogen) atoms. The van der Waals surface area contributed by atoms with Crippen molar-refractivity contribution in [2.75, 3.05) is 20.8 Å². The highest BCUT2D eigenvalue weighted by Gasteiger charge is 2.19. The first kappa shape index (κ1) is 14.3. The van der Waals surface area contributed by atoms with Gasteiger partial charge in [0.2, 0.25) is 0 Å². The summed E-state index contributed by atoms with van der Waals surface area (Å²) < 4.78 is 11.8. The minimum atomic E-state index is 0.392. The summed E-state index contributed by atoms with van der Waals surface area (Å²) in [5.74, 6) is 2.05. The lowest BCUT2D eigenvalue weighted by Gasteiger charge is -2.19. The van der Waals surface area contributed by atoms with Gasteiger partial charge in [0.1, 0.15) is 16.0 Å². The third-order valence-electron chi connectivity index (χ3n) is 2.73. The second kappa shape index (κ2) is 6.26. The van der Waals surface area contributed by atoms with Crippen LogP contribution in [-0.2, 0) is 6.42 Å². The van der Waals surface area contributed by atoms with Crippen molar-refractivity contribution in [1.29, 1.82) is 0 Å². The van der Waals surface area contributed by atoms with Crippen LogP contribution in [0.5, 0.6) is 11.5 Å². The van der Waals surface area contributed by atoms with E-state index in [1.165, 1.54) is 5.56 Å². The molecule has 0 saturated carbocycles. The molecule has 96 valence electrons.